The molecule has 1 aromatic heterocycles. The van der Waals surface area contributed by atoms with Crippen LogP contribution >= 0.6 is 0 Å². The van der Waals surface area contributed by atoms with E-state index in [9.17, 15) is 4.79 Å². The first-order chi connectivity index (χ1) is 11.7. The van der Waals surface area contributed by atoms with Crippen LogP contribution in [0.1, 0.15) is 44.6 Å². The third-order valence-electron chi connectivity index (χ3n) is 5.18. The number of amides is 1. The van der Waals surface area contributed by atoms with Crippen LogP contribution < -0.4 is 5.32 Å². The van der Waals surface area contributed by atoms with Gasteiger partial charge in [-0.05, 0) is 50.8 Å². The first-order valence-corrected chi connectivity index (χ1v) is 9.30. The summed E-state index contributed by atoms with van der Waals surface area (Å²) in [5.41, 5.74) is 2.37. The number of hydrogen-bond acceptors (Lipinski definition) is 2. The molecule has 1 aliphatic rings. The topological polar surface area (TPSA) is 48.1 Å². The van der Waals surface area contributed by atoms with E-state index in [0.29, 0.717) is 12.5 Å². The summed E-state index contributed by atoms with van der Waals surface area (Å²) in [4.78, 5) is 17.9. The van der Waals surface area contributed by atoms with E-state index in [-0.39, 0.29) is 5.91 Å². The van der Waals surface area contributed by atoms with Crippen LogP contribution in [0.15, 0.2) is 30.5 Å². The van der Waals surface area contributed by atoms with Crippen LogP contribution in [0.3, 0.4) is 0 Å². The van der Waals surface area contributed by atoms with Gasteiger partial charge in [0.05, 0.1) is 0 Å². The van der Waals surface area contributed by atoms with E-state index in [0.717, 1.165) is 31.4 Å². The number of nitrogens with one attached hydrogen (secondary N) is 2. The van der Waals surface area contributed by atoms with E-state index in [1.54, 1.807) is 0 Å². The van der Waals surface area contributed by atoms with Crippen molar-refractivity contribution < 1.29 is 4.79 Å². The van der Waals surface area contributed by atoms with Gasteiger partial charge in [-0.15, -0.1) is 0 Å². The lowest BCUT2D eigenvalue weighted by Crippen LogP contribution is -2.39. The molecule has 1 fully saturated rings. The molecule has 0 spiro atoms. The number of carbonyl (C=O) groups is 1. The minimum absolute atomic E-state index is 0.159. The Bertz CT molecular complexity index is 664. The van der Waals surface area contributed by atoms with E-state index in [1.807, 2.05) is 18.3 Å². The van der Waals surface area contributed by atoms with Crippen LogP contribution in [-0.4, -0.2) is 41.5 Å². The number of para-hydroxylation sites is 1. The number of fused-ring (bicyclic) bond motifs is 1. The predicted octanol–water partition coefficient (Wildman–Crippen LogP) is 3.48. The Morgan fingerprint density at radius 2 is 2.21 bits per heavy atom. The van der Waals surface area contributed by atoms with Gasteiger partial charge in [0.1, 0.15) is 0 Å². The second-order valence-corrected chi connectivity index (χ2v) is 6.94. The normalized spacial score (nSPS) is 18.8. The fourth-order valence-corrected chi connectivity index (χ4v) is 3.67. The fourth-order valence-electron chi connectivity index (χ4n) is 3.67. The minimum atomic E-state index is 0.159. The van der Waals surface area contributed by atoms with Gasteiger partial charge in [-0.1, -0.05) is 24.6 Å². The number of piperidine rings is 1. The van der Waals surface area contributed by atoms with Gasteiger partial charge in [0.25, 0.3) is 0 Å². The number of aryl methyl sites for hydroxylation is 1. The van der Waals surface area contributed by atoms with Gasteiger partial charge < -0.3 is 15.2 Å². The van der Waals surface area contributed by atoms with Gasteiger partial charge in [-0.2, -0.15) is 0 Å². The highest BCUT2D eigenvalue weighted by Crippen LogP contribution is 2.19. The van der Waals surface area contributed by atoms with Crippen LogP contribution in [0.4, 0.5) is 0 Å². The molecule has 0 bridgehead atoms. The van der Waals surface area contributed by atoms with Gasteiger partial charge in [0.15, 0.2) is 0 Å². The zero-order valence-electron chi connectivity index (χ0n) is 14.7. The Kier molecular flexibility index (Phi) is 5.91. The van der Waals surface area contributed by atoms with Crippen LogP contribution in [-0.2, 0) is 11.2 Å². The number of aromatic amines is 1. The first kappa shape index (κ1) is 17.0. The molecule has 2 N–H and O–H groups in total. The Hall–Kier alpha value is -1.81. The molecule has 4 heteroatoms. The molecule has 130 valence electrons. The Morgan fingerprint density at radius 3 is 3.08 bits per heavy atom. The summed E-state index contributed by atoms with van der Waals surface area (Å²) in [5, 5.41) is 4.30. The highest BCUT2D eigenvalue weighted by molar-refractivity contribution is 5.84. The molecule has 0 aliphatic carbocycles. The Morgan fingerprint density at radius 1 is 1.33 bits per heavy atom. The quantitative estimate of drug-likeness (QED) is 0.765. The zero-order chi connectivity index (χ0) is 16.8. The number of likely N-dealkylation sites (tertiary alicyclic amines) is 1. The summed E-state index contributed by atoms with van der Waals surface area (Å²) in [7, 11) is 0. The molecule has 2 heterocycles. The first-order valence-electron chi connectivity index (χ1n) is 9.30. The van der Waals surface area contributed by atoms with Gasteiger partial charge in [-0.25, -0.2) is 0 Å². The molecular weight excluding hydrogens is 298 g/mol. The van der Waals surface area contributed by atoms with Crippen molar-refractivity contribution in [1.29, 1.82) is 0 Å². The van der Waals surface area contributed by atoms with Crippen molar-refractivity contribution in [2.45, 2.75) is 51.5 Å². The van der Waals surface area contributed by atoms with Crippen molar-refractivity contribution in [2.75, 3.05) is 19.6 Å². The van der Waals surface area contributed by atoms with Gasteiger partial charge in [0, 0.05) is 42.7 Å². The number of benzene rings is 1. The number of rotatable bonds is 7. The van der Waals surface area contributed by atoms with Crippen LogP contribution in [0.25, 0.3) is 10.9 Å². The average molecular weight is 327 g/mol. The highest BCUT2D eigenvalue weighted by Gasteiger charge is 2.17. The van der Waals surface area contributed by atoms with E-state index < -0.39 is 0 Å². The maximum absolute atomic E-state index is 12.1. The molecule has 0 radical (unpaired) electrons. The molecule has 1 unspecified atom stereocenters. The number of H-pyrrole nitrogens is 1. The monoisotopic (exact) mass is 327 g/mol. The van der Waals surface area contributed by atoms with Crippen molar-refractivity contribution in [3.05, 3.63) is 36.0 Å². The smallest absolute Gasteiger partial charge is 0.220 e. The molecule has 1 saturated heterocycles. The molecule has 24 heavy (non-hydrogen) atoms. The second-order valence-electron chi connectivity index (χ2n) is 6.94. The summed E-state index contributed by atoms with van der Waals surface area (Å²) in [6.07, 6.45) is 8.42. The second kappa shape index (κ2) is 8.34. The highest BCUT2D eigenvalue weighted by atomic mass is 16.1. The van der Waals surface area contributed by atoms with E-state index >= 15 is 0 Å². The Balaban J connectivity index is 1.35. The summed E-state index contributed by atoms with van der Waals surface area (Å²) < 4.78 is 0. The van der Waals surface area contributed by atoms with Crippen LogP contribution in [0, 0.1) is 0 Å². The molecule has 1 aliphatic heterocycles. The lowest BCUT2D eigenvalue weighted by Gasteiger charge is -2.33. The average Bonchev–Trinajstić information content (AvgIpc) is 3.01. The molecule has 4 nitrogen and oxygen atoms in total. The largest absolute Gasteiger partial charge is 0.361 e. The van der Waals surface area contributed by atoms with E-state index in [2.05, 4.69) is 34.3 Å². The van der Waals surface area contributed by atoms with Crippen molar-refractivity contribution in [2.24, 2.45) is 0 Å². The van der Waals surface area contributed by atoms with Crippen molar-refractivity contribution >= 4 is 16.8 Å². The molecular formula is C20H29N3O. The van der Waals surface area contributed by atoms with Crippen LogP contribution in [0.2, 0.25) is 0 Å². The number of hydrogen-bond donors (Lipinski definition) is 2. The van der Waals surface area contributed by atoms with E-state index in [1.165, 1.54) is 36.8 Å². The third kappa shape index (κ3) is 4.38. The lowest BCUT2D eigenvalue weighted by atomic mass is 10.0. The summed E-state index contributed by atoms with van der Waals surface area (Å²) in [6, 6.07) is 8.95. The predicted molar refractivity (Wildman–Crippen MR) is 99.1 cm³/mol. The van der Waals surface area contributed by atoms with Gasteiger partial charge in [0.2, 0.25) is 5.91 Å². The number of nitrogens with zero attached hydrogens (tertiary/aromatic N) is 1. The fraction of sp³-hybridized carbons (Fsp3) is 0.550. The van der Waals surface area contributed by atoms with Crippen molar-refractivity contribution in [1.82, 2.24) is 15.2 Å². The van der Waals surface area contributed by atoms with Crippen molar-refractivity contribution in [3.8, 4) is 0 Å². The maximum Gasteiger partial charge on any atom is 0.220 e. The molecule has 1 atom stereocenters. The van der Waals surface area contributed by atoms with E-state index in [4.69, 9.17) is 0 Å². The zero-order valence-corrected chi connectivity index (χ0v) is 14.7. The standard InChI is InChI=1S/C20H29N3O/c1-16-7-4-5-13-23(16)14-6-12-21-20(24)11-10-17-15-22-19-9-3-2-8-18(17)19/h2-3,8-9,15-16,22H,4-7,10-14H2,1H3,(H,21,24). The summed E-state index contributed by atoms with van der Waals surface area (Å²) >= 11 is 0. The summed E-state index contributed by atoms with van der Waals surface area (Å²) in [6.45, 7) is 5.43. The summed E-state index contributed by atoms with van der Waals surface area (Å²) in [5.74, 6) is 0.159. The van der Waals surface area contributed by atoms with Crippen LogP contribution in [0.5, 0.6) is 0 Å². The molecule has 3 rings (SSSR count). The molecule has 1 aromatic carbocycles. The molecule has 1 amide bonds. The van der Waals surface area contributed by atoms with Gasteiger partial charge in [-0.3, -0.25) is 4.79 Å². The number of carbonyl (C=O) groups excluding carboxylic acids is 1. The van der Waals surface area contributed by atoms with Crippen molar-refractivity contribution in [3.63, 3.8) is 0 Å². The van der Waals surface area contributed by atoms with Gasteiger partial charge >= 0.3 is 0 Å². The minimum Gasteiger partial charge on any atom is -0.361 e. The molecule has 2 aromatic rings. The maximum atomic E-state index is 12.1. The lowest BCUT2D eigenvalue weighted by molar-refractivity contribution is -0.121. The molecule has 0 saturated carbocycles. The number of aromatic nitrogens is 1. The Labute approximate surface area is 144 Å². The third-order valence-corrected chi connectivity index (χ3v) is 5.18. The SMILES string of the molecule is CC1CCCCN1CCCNC(=O)CCc1c[nH]c2ccccc12.